The van der Waals surface area contributed by atoms with Gasteiger partial charge in [-0.05, 0) is 12.1 Å². The minimum absolute atomic E-state index is 0.222. The van der Waals surface area contributed by atoms with Crippen molar-refractivity contribution in [2.24, 2.45) is 7.05 Å². The molecule has 0 atom stereocenters. The summed E-state index contributed by atoms with van der Waals surface area (Å²) in [7, 11) is -1.97. The Morgan fingerprint density at radius 2 is 2.00 bits per heavy atom. The van der Waals surface area contributed by atoms with Gasteiger partial charge in [0, 0.05) is 33.3 Å². The highest BCUT2D eigenvalue weighted by Gasteiger charge is 2.21. The molecule has 0 amide bonds. The van der Waals surface area contributed by atoms with E-state index < -0.39 is 18.2 Å². The summed E-state index contributed by atoms with van der Waals surface area (Å²) in [6.45, 7) is 8.22. The second-order valence-corrected chi connectivity index (χ2v) is 17.7. The molecule has 0 spiro atoms. The number of ether oxygens (including phenoxy) is 1. The van der Waals surface area contributed by atoms with Gasteiger partial charge in [0.1, 0.15) is 23.0 Å². The van der Waals surface area contributed by atoms with Crippen LogP contribution in [0.15, 0.2) is 23.3 Å². The van der Waals surface area contributed by atoms with Crippen LogP contribution in [0.4, 0.5) is 0 Å². The van der Waals surface area contributed by atoms with Crippen LogP contribution in [0.3, 0.4) is 0 Å². The fourth-order valence-electron chi connectivity index (χ4n) is 3.47. The Hall–Kier alpha value is -2.39. The van der Waals surface area contributed by atoms with Gasteiger partial charge < -0.3 is 9.30 Å². The van der Waals surface area contributed by atoms with Crippen LogP contribution in [0.2, 0.25) is 25.7 Å². The minimum atomic E-state index is -3.68. The van der Waals surface area contributed by atoms with Crippen molar-refractivity contribution in [1.29, 1.82) is 0 Å². The monoisotopic (exact) mass is 524 g/mol. The normalized spacial score (nSPS) is 12.9. The Morgan fingerprint density at radius 3 is 2.71 bits per heavy atom. The maximum atomic E-state index is 13.2. The summed E-state index contributed by atoms with van der Waals surface area (Å²) in [6.07, 6.45) is 3.44. The largest absolute Gasteiger partial charge is 0.360 e. The summed E-state index contributed by atoms with van der Waals surface area (Å²) in [5.41, 5.74) is 1.43. The molecular formula is C20H28N6O5S2Si. The number of hydrogen-bond acceptors (Lipinski definition) is 9. The molecule has 4 rings (SSSR count). The summed E-state index contributed by atoms with van der Waals surface area (Å²) in [6, 6.07) is 2.93. The molecule has 4 heterocycles. The molecule has 0 aliphatic carbocycles. The Balaban J connectivity index is 1.53. The summed E-state index contributed by atoms with van der Waals surface area (Å²) in [4.78, 5) is 17.6. The first-order valence-corrected chi connectivity index (χ1v) is 16.8. The van der Waals surface area contributed by atoms with Crippen molar-refractivity contribution in [2.75, 3.05) is 13.7 Å². The molecule has 0 unspecified atom stereocenters. The number of thiazole rings is 1. The van der Waals surface area contributed by atoms with Gasteiger partial charge in [0.05, 0.1) is 30.2 Å². The topological polar surface area (TPSA) is 123 Å². The van der Waals surface area contributed by atoms with E-state index in [1.165, 1.54) is 16.0 Å². The fraction of sp³-hybridized carbons (Fsp3) is 0.500. The van der Waals surface area contributed by atoms with Crippen LogP contribution in [0.1, 0.15) is 10.7 Å². The Kier molecular flexibility index (Phi) is 6.79. The van der Waals surface area contributed by atoms with Crippen LogP contribution in [0.25, 0.3) is 21.3 Å². The molecule has 4 aromatic rings. The van der Waals surface area contributed by atoms with Gasteiger partial charge in [0.15, 0.2) is 5.65 Å². The summed E-state index contributed by atoms with van der Waals surface area (Å²) < 4.78 is 39.2. The smallest absolute Gasteiger partial charge is 0.291 e. The maximum Gasteiger partial charge on any atom is 0.291 e. The third-order valence-electron chi connectivity index (χ3n) is 5.35. The van der Waals surface area contributed by atoms with Gasteiger partial charge >= 0.3 is 0 Å². The number of aromatic nitrogens is 6. The van der Waals surface area contributed by atoms with E-state index in [1.54, 1.807) is 22.5 Å². The lowest BCUT2D eigenvalue weighted by Gasteiger charge is -2.15. The predicted molar refractivity (Wildman–Crippen MR) is 133 cm³/mol. The molecule has 0 N–H and O–H groups in total. The minimum Gasteiger partial charge on any atom is -0.360 e. The third kappa shape index (κ3) is 5.30. The molecule has 0 saturated heterocycles. The van der Waals surface area contributed by atoms with Crippen LogP contribution >= 0.6 is 11.3 Å². The second kappa shape index (κ2) is 9.34. The molecule has 34 heavy (non-hydrogen) atoms. The van der Waals surface area contributed by atoms with Gasteiger partial charge in [-0.15, -0.1) is 11.3 Å². The first-order valence-electron chi connectivity index (χ1n) is 10.7. The van der Waals surface area contributed by atoms with Crippen LogP contribution in [-0.2, 0) is 45.1 Å². The highest BCUT2D eigenvalue weighted by atomic mass is 32.2. The van der Waals surface area contributed by atoms with Gasteiger partial charge in [-0.25, -0.2) is 14.3 Å². The average molecular weight is 525 g/mol. The summed E-state index contributed by atoms with van der Waals surface area (Å²) >= 11 is 1.22. The molecule has 4 aromatic heterocycles. The van der Waals surface area contributed by atoms with E-state index in [9.17, 15) is 13.2 Å². The van der Waals surface area contributed by atoms with Crippen molar-refractivity contribution in [3.05, 3.63) is 39.5 Å². The van der Waals surface area contributed by atoms with Crippen molar-refractivity contribution >= 4 is 50.8 Å². The highest BCUT2D eigenvalue weighted by Crippen LogP contribution is 2.31. The lowest BCUT2D eigenvalue weighted by molar-refractivity contribution is 0.0782. The van der Waals surface area contributed by atoms with Gasteiger partial charge in [-0.1, -0.05) is 19.6 Å². The molecule has 0 aliphatic heterocycles. The van der Waals surface area contributed by atoms with E-state index in [0.29, 0.717) is 40.6 Å². The second-order valence-electron chi connectivity index (χ2n) is 9.25. The lowest BCUT2D eigenvalue weighted by Crippen LogP contribution is -2.25. The van der Waals surface area contributed by atoms with Gasteiger partial charge in [-0.2, -0.15) is 18.6 Å². The average Bonchev–Trinajstić information content (AvgIpc) is 3.43. The fourth-order valence-corrected chi connectivity index (χ4v) is 6.28. The molecule has 184 valence electrons. The zero-order chi connectivity index (χ0) is 24.7. The number of nitrogens with zero attached hydrogens (tertiary/aromatic N) is 6. The van der Waals surface area contributed by atoms with Crippen molar-refractivity contribution in [2.45, 2.75) is 44.7 Å². The molecular weight excluding hydrogens is 496 g/mol. The third-order valence-corrected chi connectivity index (χ3v) is 9.45. The quantitative estimate of drug-likeness (QED) is 0.176. The standard InChI is InChI=1S/C20H28N6O5S2Si/c1-24-17-15(18-19(24)22-16(32-18)12-33(28,29)30-2)10-21-26(20(17)27)11-14-6-7-25(23-14)13-31-8-9-34(3,4)5/h6-7,10H,8-9,11-13H2,1-5H3. The van der Waals surface area contributed by atoms with E-state index in [2.05, 4.69) is 39.0 Å². The first kappa shape index (κ1) is 24.7. The Labute approximate surface area is 202 Å². The van der Waals surface area contributed by atoms with Crippen LogP contribution in [-0.4, -0.2) is 59.3 Å². The van der Waals surface area contributed by atoms with Gasteiger partial charge in [0.25, 0.3) is 15.7 Å². The molecule has 14 heteroatoms. The molecule has 0 aromatic carbocycles. The molecule has 0 fully saturated rings. The Morgan fingerprint density at radius 1 is 1.24 bits per heavy atom. The molecule has 0 radical (unpaired) electrons. The van der Waals surface area contributed by atoms with Crippen LogP contribution in [0.5, 0.6) is 0 Å². The van der Waals surface area contributed by atoms with E-state index in [4.69, 9.17) is 4.74 Å². The number of hydrogen-bond donors (Lipinski definition) is 0. The lowest BCUT2D eigenvalue weighted by atomic mass is 10.3. The molecule has 0 bridgehead atoms. The van der Waals surface area contributed by atoms with Crippen LogP contribution in [0, 0.1) is 0 Å². The van der Waals surface area contributed by atoms with Crippen LogP contribution < -0.4 is 5.56 Å². The zero-order valence-electron chi connectivity index (χ0n) is 19.8. The van der Waals surface area contributed by atoms with Crippen molar-refractivity contribution < 1.29 is 17.3 Å². The Bertz CT molecular complexity index is 1500. The van der Waals surface area contributed by atoms with E-state index in [1.807, 2.05) is 12.3 Å². The van der Waals surface area contributed by atoms with Gasteiger partial charge in [0.2, 0.25) is 0 Å². The molecule has 11 nitrogen and oxygen atoms in total. The number of rotatable bonds is 10. The van der Waals surface area contributed by atoms with Crippen molar-refractivity contribution in [1.82, 2.24) is 29.1 Å². The molecule has 0 aliphatic rings. The number of fused-ring (bicyclic) bond motifs is 3. The summed E-state index contributed by atoms with van der Waals surface area (Å²) in [5.74, 6) is -0.320. The highest BCUT2D eigenvalue weighted by molar-refractivity contribution is 7.86. The zero-order valence-corrected chi connectivity index (χ0v) is 22.4. The van der Waals surface area contributed by atoms with E-state index in [0.717, 1.165) is 17.9 Å². The number of aryl methyl sites for hydroxylation is 1. The molecule has 0 saturated carbocycles. The van der Waals surface area contributed by atoms with Crippen molar-refractivity contribution in [3.8, 4) is 0 Å². The predicted octanol–water partition coefficient (Wildman–Crippen LogP) is 2.38. The SMILES string of the molecule is COS(=O)(=O)Cc1nc2c(s1)c1cnn(Cc3ccn(COCC[Si](C)(C)C)n3)c(=O)c1n2C. The summed E-state index contributed by atoms with van der Waals surface area (Å²) in [5, 5.41) is 9.85. The van der Waals surface area contributed by atoms with E-state index >= 15 is 0 Å². The first-order chi connectivity index (χ1) is 16.0. The maximum absolute atomic E-state index is 13.2. The van der Waals surface area contributed by atoms with Gasteiger partial charge in [-0.3, -0.25) is 8.98 Å². The van der Waals surface area contributed by atoms with Crippen molar-refractivity contribution in [3.63, 3.8) is 0 Å². The van der Waals surface area contributed by atoms with E-state index in [-0.39, 0.29) is 17.9 Å².